The van der Waals surface area contributed by atoms with Crippen LogP contribution in [-0.2, 0) is 0 Å². The molecule has 0 fully saturated rings. The van der Waals surface area contributed by atoms with E-state index >= 15 is 0 Å². The zero-order valence-corrected chi connectivity index (χ0v) is 10.5. The van der Waals surface area contributed by atoms with Crippen LogP contribution in [0.3, 0.4) is 0 Å². The Balaban J connectivity index is 2.86. The topological polar surface area (TPSA) is 82.2 Å². The molecule has 0 saturated carbocycles. The predicted molar refractivity (Wildman–Crippen MR) is 69.4 cm³/mol. The molecule has 0 aliphatic heterocycles. The predicted octanol–water partition coefficient (Wildman–Crippen LogP) is 1.98. The molecule has 1 aromatic rings. The summed E-state index contributed by atoms with van der Waals surface area (Å²) in [6, 6.07) is 3.66. The van der Waals surface area contributed by atoms with Crippen molar-refractivity contribution in [1.29, 1.82) is 5.41 Å². The van der Waals surface area contributed by atoms with E-state index in [0.717, 1.165) is 6.07 Å². The first-order chi connectivity index (χ1) is 8.49. The van der Waals surface area contributed by atoms with Crippen LogP contribution in [0.1, 0.15) is 19.4 Å². The normalized spacial score (nSPS) is 9.94. The fraction of sp³-hybridized carbons (Fsp3) is 0.333. The minimum absolute atomic E-state index is 0.0805. The number of carbonyl (C=O) groups excluding carboxylic acids is 1. The van der Waals surface area contributed by atoms with Gasteiger partial charge in [0.05, 0.1) is 5.69 Å². The third kappa shape index (κ3) is 3.19. The number of benzene rings is 1. The Morgan fingerprint density at radius 2 is 2.06 bits per heavy atom. The van der Waals surface area contributed by atoms with E-state index in [2.05, 4.69) is 5.32 Å². The Hall–Kier alpha value is -2.11. The van der Waals surface area contributed by atoms with Gasteiger partial charge in [-0.1, -0.05) is 0 Å². The second-order valence-electron chi connectivity index (χ2n) is 3.71. The van der Waals surface area contributed by atoms with Gasteiger partial charge in [0.25, 0.3) is 0 Å². The van der Waals surface area contributed by atoms with E-state index in [1.54, 1.807) is 4.90 Å². The molecule has 0 unspecified atom stereocenters. The monoisotopic (exact) mass is 252 g/mol. The molecule has 0 bridgehead atoms. The van der Waals surface area contributed by atoms with Crippen LogP contribution in [0.4, 0.5) is 14.9 Å². The zero-order chi connectivity index (χ0) is 13.7. The van der Waals surface area contributed by atoms with Crippen molar-refractivity contribution in [2.24, 2.45) is 5.73 Å². The quantitative estimate of drug-likeness (QED) is 0.565. The Kier molecular flexibility index (Phi) is 4.65. The Labute approximate surface area is 105 Å². The second kappa shape index (κ2) is 6.00. The van der Waals surface area contributed by atoms with Crippen LogP contribution in [0.5, 0.6) is 0 Å². The minimum Gasteiger partial charge on any atom is -0.384 e. The van der Waals surface area contributed by atoms with Gasteiger partial charge in [-0.3, -0.25) is 5.41 Å². The van der Waals surface area contributed by atoms with Crippen LogP contribution < -0.4 is 11.1 Å². The smallest absolute Gasteiger partial charge is 0.321 e. The van der Waals surface area contributed by atoms with E-state index < -0.39 is 5.82 Å². The highest BCUT2D eigenvalue weighted by atomic mass is 19.1. The van der Waals surface area contributed by atoms with Crippen LogP contribution in [0.15, 0.2) is 18.2 Å². The van der Waals surface area contributed by atoms with Crippen molar-refractivity contribution in [3.05, 3.63) is 29.6 Å². The van der Waals surface area contributed by atoms with Crippen molar-refractivity contribution in [2.45, 2.75) is 13.8 Å². The molecule has 0 aromatic heterocycles. The largest absolute Gasteiger partial charge is 0.384 e. The molecule has 4 N–H and O–H groups in total. The molecule has 0 aliphatic carbocycles. The lowest BCUT2D eigenvalue weighted by molar-refractivity contribution is 0.217. The number of amides is 2. The number of rotatable bonds is 4. The molecule has 0 heterocycles. The van der Waals surface area contributed by atoms with Gasteiger partial charge in [-0.15, -0.1) is 0 Å². The first-order valence-corrected chi connectivity index (χ1v) is 5.69. The maximum atomic E-state index is 13.7. The molecule has 98 valence electrons. The molecule has 6 heteroatoms. The summed E-state index contributed by atoms with van der Waals surface area (Å²) in [5.41, 5.74) is 5.61. The number of carbonyl (C=O) groups is 1. The molecule has 18 heavy (non-hydrogen) atoms. The van der Waals surface area contributed by atoms with Crippen LogP contribution in [0, 0.1) is 11.2 Å². The lowest BCUT2D eigenvalue weighted by atomic mass is 10.2. The molecule has 0 saturated heterocycles. The minimum atomic E-state index is -0.608. The van der Waals surface area contributed by atoms with Crippen LogP contribution in [0.25, 0.3) is 0 Å². The fourth-order valence-electron chi connectivity index (χ4n) is 1.49. The Morgan fingerprint density at radius 1 is 1.44 bits per heavy atom. The van der Waals surface area contributed by atoms with Crippen molar-refractivity contribution in [1.82, 2.24) is 4.90 Å². The number of amidine groups is 1. The summed E-state index contributed by atoms with van der Waals surface area (Å²) in [4.78, 5) is 13.3. The summed E-state index contributed by atoms with van der Waals surface area (Å²) < 4.78 is 13.7. The Bertz CT molecular complexity index is 457. The molecule has 2 amide bonds. The number of urea groups is 1. The van der Waals surface area contributed by atoms with E-state index in [4.69, 9.17) is 11.1 Å². The van der Waals surface area contributed by atoms with E-state index in [1.807, 2.05) is 13.8 Å². The molecule has 0 aliphatic rings. The van der Waals surface area contributed by atoms with Crippen molar-refractivity contribution in [2.75, 3.05) is 18.4 Å². The SMILES string of the molecule is CCN(CC)C(=O)Nc1ccc(C(=N)N)cc1F. The van der Waals surface area contributed by atoms with E-state index in [1.165, 1.54) is 12.1 Å². The summed E-state index contributed by atoms with van der Waals surface area (Å²) in [6.45, 7) is 4.79. The van der Waals surface area contributed by atoms with Gasteiger partial charge in [0.1, 0.15) is 11.7 Å². The summed E-state index contributed by atoms with van der Waals surface area (Å²) in [5, 5.41) is 9.67. The van der Waals surface area contributed by atoms with Gasteiger partial charge in [0.2, 0.25) is 0 Å². The maximum absolute atomic E-state index is 13.7. The van der Waals surface area contributed by atoms with Crippen LogP contribution in [-0.4, -0.2) is 29.9 Å². The first-order valence-electron chi connectivity index (χ1n) is 5.69. The first kappa shape index (κ1) is 14.0. The summed E-state index contributed by atoms with van der Waals surface area (Å²) in [6.07, 6.45) is 0. The van der Waals surface area contributed by atoms with Crippen molar-refractivity contribution in [3.63, 3.8) is 0 Å². The van der Waals surface area contributed by atoms with Crippen molar-refractivity contribution >= 4 is 17.6 Å². The average molecular weight is 252 g/mol. The summed E-state index contributed by atoms with van der Waals surface area (Å²) in [7, 11) is 0. The van der Waals surface area contributed by atoms with Gasteiger partial charge in [0, 0.05) is 18.7 Å². The van der Waals surface area contributed by atoms with E-state index in [-0.39, 0.29) is 23.1 Å². The maximum Gasteiger partial charge on any atom is 0.321 e. The number of nitrogens with zero attached hydrogens (tertiary/aromatic N) is 1. The van der Waals surface area contributed by atoms with Gasteiger partial charge >= 0.3 is 6.03 Å². The average Bonchev–Trinajstić information content (AvgIpc) is 2.33. The number of hydrogen-bond acceptors (Lipinski definition) is 2. The number of hydrogen-bond donors (Lipinski definition) is 3. The van der Waals surface area contributed by atoms with Crippen LogP contribution in [0.2, 0.25) is 0 Å². The van der Waals surface area contributed by atoms with E-state index in [0.29, 0.717) is 13.1 Å². The number of anilines is 1. The fourth-order valence-corrected chi connectivity index (χ4v) is 1.49. The molecule has 1 rings (SSSR count). The van der Waals surface area contributed by atoms with Crippen molar-refractivity contribution < 1.29 is 9.18 Å². The van der Waals surface area contributed by atoms with Gasteiger partial charge in [0.15, 0.2) is 0 Å². The van der Waals surface area contributed by atoms with Gasteiger partial charge in [-0.25, -0.2) is 9.18 Å². The standard InChI is InChI=1S/C12H17FN4O/c1-3-17(4-2)12(18)16-10-6-5-8(11(14)15)7-9(10)13/h5-7H,3-4H2,1-2H3,(H3,14,15)(H,16,18). The lowest BCUT2D eigenvalue weighted by Gasteiger charge is -2.19. The molecule has 0 spiro atoms. The number of nitrogens with two attached hydrogens (primary N) is 1. The number of nitrogen functional groups attached to an aromatic ring is 1. The third-order valence-electron chi connectivity index (χ3n) is 2.57. The van der Waals surface area contributed by atoms with Gasteiger partial charge in [-0.05, 0) is 32.0 Å². The van der Waals surface area contributed by atoms with Gasteiger partial charge < -0.3 is 16.0 Å². The summed E-state index contributed by atoms with van der Waals surface area (Å²) >= 11 is 0. The zero-order valence-electron chi connectivity index (χ0n) is 10.5. The molecule has 0 atom stereocenters. The van der Waals surface area contributed by atoms with E-state index in [9.17, 15) is 9.18 Å². The highest BCUT2D eigenvalue weighted by molar-refractivity contribution is 5.96. The third-order valence-corrected chi connectivity index (χ3v) is 2.57. The summed E-state index contributed by atoms with van der Waals surface area (Å²) in [5.74, 6) is -0.821. The number of nitrogens with one attached hydrogen (secondary N) is 2. The van der Waals surface area contributed by atoms with Gasteiger partial charge in [-0.2, -0.15) is 0 Å². The molecule has 1 aromatic carbocycles. The van der Waals surface area contributed by atoms with Crippen molar-refractivity contribution in [3.8, 4) is 0 Å². The molecule has 5 nitrogen and oxygen atoms in total. The molecular formula is C12H17FN4O. The molecular weight excluding hydrogens is 235 g/mol. The number of halogens is 1. The highest BCUT2D eigenvalue weighted by Crippen LogP contribution is 2.16. The van der Waals surface area contributed by atoms with Crippen LogP contribution >= 0.6 is 0 Å². The highest BCUT2D eigenvalue weighted by Gasteiger charge is 2.12. The lowest BCUT2D eigenvalue weighted by Crippen LogP contribution is -2.34. The second-order valence-corrected chi connectivity index (χ2v) is 3.71. The molecule has 0 radical (unpaired) electrons. The Morgan fingerprint density at radius 3 is 2.50 bits per heavy atom.